The summed E-state index contributed by atoms with van der Waals surface area (Å²) < 4.78 is 33.9. The number of halogens is 1. The Labute approximate surface area is 206 Å². The number of methoxy groups -OCH3 is 1. The van der Waals surface area contributed by atoms with Crippen LogP contribution < -0.4 is 14.4 Å². The second-order valence-electron chi connectivity index (χ2n) is 10.2. The quantitative estimate of drug-likeness (QED) is 0.512. The van der Waals surface area contributed by atoms with Crippen LogP contribution in [0, 0.1) is 17.3 Å². The van der Waals surface area contributed by atoms with Crippen molar-refractivity contribution in [3.05, 3.63) is 48.5 Å². The minimum atomic E-state index is -3.84. The van der Waals surface area contributed by atoms with Gasteiger partial charge in [-0.25, -0.2) is 8.42 Å². The summed E-state index contributed by atoms with van der Waals surface area (Å²) in [5.74, 6) is 1.33. The fourth-order valence-corrected chi connectivity index (χ4v) is 9.02. The van der Waals surface area contributed by atoms with E-state index in [1.54, 1.807) is 25.1 Å². The van der Waals surface area contributed by atoms with Crippen LogP contribution >= 0.6 is 11.6 Å². The third-order valence-corrected chi connectivity index (χ3v) is 10.2. The zero-order chi connectivity index (χ0) is 24.1. The van der Waals surface area contributed by atoms with Gasteiger partial charge in [0.25, 0.3) is 10.0 Å². The van der Waals surface area contributed by atoms with Crippen molar-refractivity contribution in [1.82, 2.24) is 0 Å². The van der Waals surface area contributed by atoms with Crippen molar-refractivity contribution < 1.29 is 17.9 Å². The summed E-state index contributed by atoms with van der Waals surface area (Å²) in [4.78, 5) is 13.5. The highest BCUT2D eigenvalue weighted by atomic mass is 35.5. The molecule has 0 saturated heterocycles. The topological polar surface area (TPSA) is 75.7 Å². The van der Waals surface area contributed by atoms with Gasteiger partial charge in [-0.05, 0) is 87.6 Å². The molecule has 34 heavy (non-hydrogen) atoms. The van der Waals surface area contributed by atoms with Crippen LogP contribution in [0.4, 0.5) is 11.4 Å². The molecule has 4 fully saturated rings. The summed E-state index contributed by atoms with van der Waals surface area (Å²) in [5.41, 5.74) is 0.468. The average molecular weight is 503 g/mol. The van der Waals surface area contributed by atoms with E-state index in [0.717, 1.165) is 32.1 Å². The summed E-state index contributed by atoms with van der Waals surface area (Å²) in [6.07, 6.45) is 5.52. The van der Waals surface area contributed by atoms with Crippen molar-refractivity contribution in [2.24, 2.45) is 17.3 Å². The maximum Gasteiger partial charge on any atom is 0.264 e. The minimum Gasteiger partial charge on any atom is -0.495 e. The molecule has 2 unspecified atom stereocenters. The molecular weight excluding hydrogens is 472 g/mol. The van der Waals surface area contributed by atoms with E-state index in [9.17, 15) is 13.2 Å². The molecule has 0 aromatic heterocycles. The normalized spacial score (nSPS) is 29.6. The second-order valence-corrected chi connectivity index (χ2v) is 12.9. The van der Waals surface area contributed by atoms with Gasteiger partial charge in [0.1, 0.15) is 5.75 Å². The van der Waals surface area contributed by atoms with Crippen molar-refractivity contribution in [3.63, 3.8) is 0 Å². The largest absolute Gasteiger partial charge is 0.495 e. The predicted octanol–water partition coefficient (Wildman–Crippen LogP) is 5.43. The van der Waals surface area contributed by atoms with Crippen LogP contribution in [0.25, 0.3) is 0 Å². The lowest BCUT2D eigenvalue weighted by molar-refractivity contribution is -0.138. The number of ether oxygens (including phenoxy) is 1. The fraction of sp³-hybridized carbons (Fsp3) is 0.500. The zero-order valence-electron chi connectivity index (χ0n) is 19.6. The third-order valence-electron chi connectivity index (χ3n) is 7.81. The summed E-state index contributed by atoms with van der Waals surface area (Å²) in [6.45, 7) is 2.08. The molecule has 0 radical (unpaired) electrons. The molecule has 4 aliphatic rings. The molecule has 182 valence electrons. The molecular formula is C26H31ClN2O4S. The molecule has 4 bridgehead atoms. The first-order valence-corrected chi connectivity index (χ1v) is 13.8. The van der Waals surface area contributed by atoms with Crippen LogP contribution in [-0.4, -0.2) is 32.9 Å². The van der Waals surface area contributed by atoms with Crippen LogP contribution in [0.1, 0.15) is 45.4 Å². The van der Waals surface area contributed by atoms with Crippen LogP contribution in [-0.2, 0) is 14.8 Å². The SMILES string of the molecule is CCN(c1ccccc1)S(=O)(=O)c1ccc(OC)c(NC(=O)C23CC4CC(CC(Cl)(C4)C2)C3)c1. The average Bonchev–Trinajstić information content (AvgIpc) is 2.78. The maximum atomic E-state index is 13.7. The van der Waals surface area contributed by atoms with Crippen LogP contribution in [0.2, 0.25) is 0 Å². The molecule has 8 heteroatoms. The zero-order valence-corrected chi connectivity index (χ0v) is 21.2. The Morgan fingerprint density at radius 3 is 2.38 bits per heavy atom. The molecule has 6 nitrogen and oxygen atoms in total. The lowest BCUT2D eigenvalue weighted by Crippen LogP contribution is -2.57. The van der Waals surface area contributed by atoms with Crippen molar-refractivity contribution >= 4 is 38.9 Å². The first kappa shape index (κ1) is 23.5. The van der Waals surface area contributed by atoms with E-state index < -0.39 is 15.4 Å². The van der Waals surface area contributed by atoms with Crippen molar-refractivity contribution in [2.45, 2.75) is 55.2 Å². The molecule has 0 heterocycles. The molecule has 4 saturated carbocycles. The van der Waals surface area contributed by atoms with Gasteiger partial charge in [-0.2, -0.15) is 0 Å². The highest BCUT2D eigenvalue weighted by molar-refractivity contribution is 7.92. The lowest BCUT2D eigenvalue weighted by atomic mass is 9.49. The van der Waals surface area contributed by atoms with Gasteiger partial charge in [-0.15, -0.1) is 11.6 Å². The number of amides is 1. The van der Waals surface area contributed by atoms with Gasteiger partial charge >= 0.3 is 0 Å². The van der Waals surface area contributed by atoms with Gasteiger partial charge in [0.05, 0.1) is 28.8 Å². The number of carbonyl (C=O) groups excluding carboxylic acids is 1. The maximum absolute atomic E-state index is 13.7. The Balaban J connectivity index is 1.46. The van der Waals surface area contributed by atoms with E-state index in [1.165, 1.54) is 23.5 Å². The van der Waals surface area contributed by atoms with Crippen molar-refractivity contribution in [1.29, 1.82) is 0 Å². The molecule has 6 rings (SSSR count). The molecule has 0 spiro atoms. The second kappa shape index (κ2) is 8.45. The first-order chi connectivity index (χ1) is 16.2. The van der Waals surface area contributed by atoms with Gasteiger partial charge in [0.2, 0.25) is 5.91 Å². The molecule has 2 aromatic rings. The van der Waals surface area contributed by atoms with Crippen molar-refractivity contribution in [2.75, 3.05) is 23.3 Å². The minimum absolute atomic E-state index is 0.0742. The molecule has 0 aliphatic heterocycles. The number of rotatable bonds is 7. The first-order valence-electron chi connectivity index (χ1n) is 11.9. The number of sulfonamides is 1. The van der Waals surface area contributed by atoms with Gasteiger partial charge in [-0.1, -0.05) is 18.2 Å². The van der Waals surface area contributed by atoms with Gasteiger partial charge in [0.15, 0.2) is 0 Å². The van der Waals surface area contributed by atoms with Gasteiger partial charge in [0, 0.05) is 11.4 Å². The van der Waals surface area contributed by atoms with Gasteiger partial charge in [-0.3, -0.25) is 9.10 Å². The third kappa shape index (κ3) is 3.97. The lowest BCUT2D eigenvalue weighted by Gasteiger charge is -2.59. The smallest absolute Gasteiger partial charge is 0.264 e. The number of benzene rings is 2. The summed E-state index contributed by atoms with van der Waals surface area (Å²) in [7, 11) is -2.32. The van der Waals surface area contributed by atoms with Crippen LogP contribution in [0.5, 0.6) is 5.75 Å². The monoisotopic (exact) mass is 502 g/mol. The number of anilines is 2. The number of alkyl halides is 1. The Kier molecular flexibility index (Phi) is 5.84. The Bertz CT molecular complexity index is 1190. The molecule has 1 N–H and O–H groups in total. The Hall–Kier alpha value is -2.25. The standard InChI is InChI=1S/C26H31ClN2O4S/c1-3-29(20-7-5-4-6-8-20)34(31,32)21-9-10-23(33-2)22(12-21)28-24(30)25-13-18-11-19(14-25)16-26(27,15-18)17-25/h4-10,12,18-19H,3,11,13-17H2,1-2H3,(H,28,30). The summed E-state index contributed by atoms with van der Waals surface area (Å²) in [5, 5.41) is 3.04. The number of hydrogen-bond donors (Lipinski definition) is 1. The Morgan fingerprint density at radius 2 is 1.79 bits per heavy atom. The number of nitrogens with one attached hydrogen (secondary N) is 1. The van der Waals surface area contributed by atoms with Crippen LogP contribution in [0.3, 0.4) is 0 Å². The van der Waals surface area contributed by atoms with E-state index in [-0.39, 0.29) is 22.2 Å². The molecule has 1 amide bonds. The van der Waals surface area contributed by atoms with Crippen molar-refractivity contribution in [3.8, 4) is 5.75 Å². The highest BCUT2D eigenvalue weighted by Crippen LogP contribution is 2.64. The highest BCUT2D eigenvalue weighted by Gasteiger charge is 2.60. The van der Waals surface area contributed by atoms with E-state index in [2.05, 4.69) is 5.32 Å². The van der Waals surface area contributed by atoms with Gasteiger partial charge < -0.3 is 10.1 Å². The Morgan fingerprint density at radius 1 is 1.12 bits per heavy atom. The molecule has 4 aliphatic carbocycles. The van der Waals surface area contributed by atoms with E-state index in [1.807, 2.05) is 18.2 Å². The molecule has 2 aromatic carbocycles. The van der Waals surface area contributed by atoms with E-state index in [4.69, 9.17) is 16.3 Å². The number of carbonyl (C=O) groups is 1. The summed E-state index contributed by atoms with van der Waals surface area (Å²) in [6, 6.07) is 13.6. The van der Waals surface area contributed by atoms with E-state index >= 15 is 0 Å². The predicted molar refractivity (Wildman–Crippen MR) is 134 cm³/mol. The van der Waals surface area contributed by atoms with E-state index in [0.29, 0.717) is 35.4 Å². The number of nitrogens with zero attached hydrogens (tertiary/aromatic N) is 1. The summed E-state index contributed by atoms with van der Waals surface area (Å²) >= 11 is 6.93. The molecule has 2 atom stereocenters. The fourth-order valence-electron chi connectivity index (χ4n) is 6.83. The number of hydrogen-bond acceptors (Lipinski definition) is 4. The van der Waals surface area contributed by atoms with Crippen LogP contribution in [0.15, 0.2) is 53.4 Å². The number of para-hydroxylation sites is 1.